The number of aromatic amines is 1. The maximum Gasteiger partial charge on any atom is 0.259 e. The number of halogens is 2. The standard InChI is InChI=1S/C28H27Cl2N5O/c1-33-26-9-6-17(25-14-19(31-32-25)16-35-10-4-3-5-11-35)12-21(26)22-15-23(28(36)34(2)27(22)33)20-8-7-18(29)13-24(20)30/h6-9,12-15H,3-5,10-11,16H2,1-2H3,(H,31,32). The maximum absolute atomic E-state index is 13.3. The van der Waals surface area contributed by atoms with Crippen molar-refractivity contribution in [2.24, 2.45) is 14.1 Å². The van der Waals surface area contributed by atoms with Gasteiger partial charge < -0.3 is 4.57 Å². The lowest BCUT2D eigenvalue weighted by atomic mass is 10.0. The summed E-state index contributed by atoms with van der Waals surface area (Å²) in [6, 6.07) is 15.7. The average Bonchev–Trinajstić information content (AvgIpc) is 3.45. The molecule has 1 aliphatic rings. The molecule has 36 heavy (non-hydrogen) atoms. The second-order valence-corrected chi connectivity index (χ2v) is 10.5. The number of benzene rings is 2. The molecule has 1 N–H and O–H groups in total. The van der Waals surface area contributed by atoms with Crippen molar-refractivity contribution in [3.8, 4) is 22.4 Å². The van der Waals surface area contributed by atoms with Crippen LogP contribution in [0.2, 0.25) is 10.0 Å². The first kappa shape index (κ1) is 23.3. The van der Waals surface area contributed by atoms with Crippen LogP contribution >= 0.6 is 23.2 Å². The Kier molecular flexibility index (Phi) is 5.91. The molecule has 4 heterocycles. The Bertz CT molecular complexity index is 1670. The van der Waals surface area contributed by atoms with Crippen molar-refractivity contribution >= 4 is 45.1 Å². The largest absolute Gasteiger partial charge is 0.330 e. The third-order valence-electron chi connectivity index (χ3n) is 7.35. The number of aryl methyl sites for hydroxylation is 2. The molecule has 5 aromatic rings. The Morgan fingerprint density at radius 2 is 1.69 bits per heavy atom. The smallest absolute Gasteiger partial charge is 0.259 e. The van der Waals surface area contributed by atoms with Gasteiger partial charge in [0.15, 0.2) is 0 Å². The topological polar surface area (TPSA) is 58.9 Å². The highest BCUT2D eigenvalue weighted by Crippen LogP contribution is 2.35. The van der Waals surface area contributed by atoms with E-state index >= 15 is 0 Å². The number of hydrogen-bond donors (Lipinski definition) is 1. The maximum atomic E-state index is 13.3. The van der Waals surface area contributed by atoms with Gasteiger partial charge in [0.05, 0.1) is 21.9 Å². The molecule has 1 fully saturated rings. The zero-order valence-corrected chi connectivity index (χ0v) is 21.8. The van der Waals surface area contributed by atoms with Crippen molar-refractivity contribution in [1.29, 1.82) is 0 Å². The van der Waals surface area contributed by atoms with E-state index in [-0.39, 0.29) is 5.56 Å². The average molecular weight is 520 g/mol. The fourth-order valence-electron chi connectivity index (χ4n) is 5.50. The zero-order valence-electron chi connectivity index (χ0n) is 20.3. The summed E-state index contributed by atoms with van der Waals surface area (Å²) in [4.78, 5) is 15.8. The number of hydrogen-bond acceptors (Lipinski definition) is 3. The molecule has 0 aliphatic carbocycles. The van der Waals surface area contributed by atoms with Gasteiger partial charge in [0.2, 0.25) is 0 Å². The number of nitrogens with one attached hydrogen (secondary N) is 1. The van der Waals surface area contributed by atoms with Crippen LogP contribution in [-0.2, 0) is 20.6 Å². The summed E-state index contributed by atoms with van der Waals surface area (Å²) in [7, 11) is 3.80. The molecule has 0 amide bonds. The summed E-state index contributed by atoms with van der Waals surface area (Å²) in [5, 5.41) is 10.9. The minimum atomic E-state index is -0.103. The van der Waals surface area contributed by atoms with Gasteiger partial charge in [-0.3, -0.25) is 19.4 Å². The van der Waals surface area contributed by atoms with Crippen LogP contribution in [-0.4, -0.2) is 37.3 Å². The second kappa shape index (κ2) is 9.11. The van der Waals surface area contributed by atoms with E-state index in [4.69, 9.17) is 23.2 Å². The van der Waals surface area contributed by atoms with Crippen molar-refractivity contribution < 1.29 is 0 Å². The number of aromatic nitrogens is 4. The lowest BCUT2D eigenvalue weighted by Gasteiger charge is -2.25. The zero-order chi connectivity index (χ0) is 25.0. The molecule has 0 saturated carbocycles. The third-order valence-corrected chi connectivity index (χ3v) is 7.89. The predicted molar refractivity (Wildman–Crippen MR) is 148 cm³/mol. The van der Waals surface area contributed by atoms with Gasteiger partial charge in [0.1, 0.15) is 5.65 Å². The lowest BCUT2D eigenvalue weighted by molar-refractivity contribution is 0.218. The number of piperidine rings is 1. The van der Waals surface area contributed by atoms with Crippen molar-refractivity contribution in [3.63, 3.8) is 0 Å². The van der Waals surface area contributed by atoms with Gasteiger partial charge in [-0.05, 0) is 62.3 Å². The fraction of sp³-hybridized carbons (Fsp3) is 0.286. The van der Waals surface area contributed by atoms with Gasteiger partial charge in [-0.25, -0.2) is 0 Å². The molecule has 1 aliphatic heterocycles. The molecule has 6 nitrogen and oxygen atoms in total. The summed E-state index contributed by atoms with van der Waals surface area (Å²) in [5.74, 6) is 0. The van der Waals surface area contributed by atoms with Gasteiger partial charge in [-0.15, -0.1) is 0 Å². The Morgan fingerprint density at radius 3 is 2.47 bits per heavy atom. The Hall–Kier alpha value is -3.06. The van der Waals surface area contributed by atoms with Crippen LogP contribution in [0.1, 0.15) is 25.0 Å². The quantitative estimate of drug-likeness (QED) is 0.299. The Labute approximate surface area is 219 Å². The number of fused-ring (bicyclic) bond motifs is 3. The molecule has 0 spiro atoms. The molecule has 8 heteroatoms. The van der Waals surface area contributed by atoms with Crippen LogP contribution in [0.4, 0.5) is 0 Å². The second-order valence-electron chi connectivity index (χ2n) is 9.68. The highest BCUT2D eigenvalue weighted by atomic mass is 35.5. The van der Waals surface area contributed by atoms with Crippen LogP contribution in [0.25, 0.3) is 44.3 Å². The molecule has 3 aromatic heterocycles. The molecule has 2 aromatic carbocycles. The molecule has 0 unspecified atom stereocenters. The lowest BCUT2D eigenvalue weighted by Crippen LogP contribution is -2.29. The van der Waals surface area contributed by atoms with Gasteiger partial charge in [-0.2, -0.15) is 5.10 Å². The summed E-state index contributed by atoms with van der Waals surface area (Å²) in [6.07, 6.45) is 3.85. The minimum absolute atomic E-state index is 0.103. The molecule has 0 bridgehead atoms. The van der Waals surface area contributed by atoms with E-state index in [0.29, 0.717) is 21.2 Å². The number of nitrogens with zero attached hydrogens (tertiary/aromatic N) is 4. The summed E-state index contributed by atoms with van der Waals surface area (Å²) in [6.45, 7) is 3.16. The van der Waals surface area contributed by atoms with Crippen LogP contribution in [0.3, 0.4) is 0 Å². The summed E-state index contributed by atoms with van der Waals surface area (Å²) in [5.41, 5.74) is 6.15. The van der Waals surface area contributed by atoms with Crippen molar-refractivity contribution in [2.45, 2.75) is 25.8 Å². The van der Waals surface area contributed by atoms with Gasteiger partial charge >= 0.3 is 0 Å². The first-order chi connectivity index (χ1) is 17.4. The Balaban J connectivity index is 1.47. The first-order valence-electron chi connectivity index (χ1n) is 12.3. The van der Waals surface area contributed by atoms with Crippen molar-refractivity contribution in [1.82, 2.24) is 24.2 Å². The predicted octanol–water partition coefficient (Wildman–Crippen LogP) is 6.38. The molecular formula is C28H27Cl2N5O. The van der Waals surface area contributed by atoms with E-state index in [0.717, 1.165) is 58.5 Å². The van der Waals surface area contributed by atoms with Crippen LogP contribution in [0.15, 0.2) is 53.3 Å². The first-order valence-corrected chi connectivity index (χ1v) is 13.0. The molecule has 0 atom stereocenters. The molecule has 1 saturated heterocycles. The molecule has 6 rings (SSSR count). The summed E-state index contributed by atoms with van der Waals surface area (Å²) >= 11 is 12.6. The monoisotopic (exact) mass is 519 g/mol. The number of likely N-dealkylation sites (tertiary alicyclic amines) is 1. The fourth-order valence-corrected chi connectivity index (χ4v) is 6.01. The van der Waals surface area contributed by atoms with Gasteiger partial charge in [-0.1, -0.05) is 41.8 Å². The van der Waals surface area contributed by atoms with Gasteiger partial charge in [0, 0.05) is 53.1 Å². The van der Waals surface area contributed by atoms with E-state index in [1.807, 2.05) is 13.1 Å². The minimum Gasteiger partial charge on any atom is -0.330 e. The number of H-pyrrole nitrogens is 1. The van der Waals surface area contributed by atoms with Crippen LogP contribution in [0, 0.1) is 0 Å². The van der Waals surface area contributed by atoms with E-state index in [1.165, 1.54) is 19.3 Å². The SMILES string of the molecule is Cn1c(=O)c(-c2ccc(Cl)cc2Cl)cc2c3cc(-c4cc(CN5CCCCC5)n[nH]4)ccc3n(C)c21. The van der Waals surface area contributed by atoms with Crippen LogP contribution in [0.5, 0.6) is 0 Å². The summed E-state index contributed by atoms with van der Waals surface area (Å²) < 4.78 is 3.76. The molecular weight excluding hydrogens is 493 g/mol. The molecule has 184 valence electrons. The van der Waals surface area contributed by atoms with Gasteiger partial charge in [0.25, 0.3) is 5.56 Å². The van der Waals surface area contributed by atoms with Crippen molar-refractivity contribution in [3.05, 3.63) is 74.6 Å². The number of pyridine rings is 1. The third kappa shape index (κ3) is 3.94. The molecule has 0 radical (unpaired) electrons. The Morgan fingerprint density at radius 1 is 0.889 bits per heavy atom. The van der Waals surface area contributed by atoms with Crippen LogP contribution < -0.4 is 5.56 Å². The van der Waals surface area contributed by atoms with E-state index in [2.05, 4.69) is 43.9 Å². The van der Waals surface area contributed by atoms with E-state index < -0.39 is 0 Å². The van der Waals surface area contributed by atoms with E-state index in [9.17, 15) is 4.79 Å². The van der Waals surface area contributed by atoms with E-state index in [1.54, 1.807) is 29.8 Å². The normalized spacial score (nSPS) is 14.8. The highest BCUT2D eigenvalue weighted by molar-refractivity contribution is 6.36. The highest BCUT2D eigenvalue weighted by Gasteiger charge is 2.19. The van der Waals surface area contributed by atoms with Crippen molar-refractivity contribution in [2.75, 3.05) is 13.1 Å². The number of rotatable bonds is 4.